The lowest BCUT2D eigenvalue weighted by atomic mass is 10.0. The van der Waals surface area contributed by atoms with E-state index in [-0.39, 0.29) is 5.91 Å². The first kappa shape index (κ1) is 17.8. The van der Waals surface area contributed by atoms with Crippen LogP contribution in [0.1, 0.15) is 22.3 Å². The topological polar surface area (TPSA) is 47.6 Å². The molecule has 0 radical (unpaired) electrons. The number of fused-ring (bicyclic) bond motifs is 2. The van der Waals surface area contributed by atoms with Gasteiger partial charge in [0.15, 0.2) is 0 Å². The molecule has 0 saturated carbocycles. The van der Waals surface area contributed by atoms with E-state index >= 15 is 0 Å². The third-order valence-corrected chi connectivity index (χ3v) is 5.58. The molecule has 146 valence electrons. The number of carbonyl (C=O) groups excluding carboxylic acids is 1. The molecule has 3 aromatic carbocycles. The fourth-order valence-electron chi connectivity index (χ4n) is 3.98. The Morgan fingerprint density at radius 3 is 2.14 bits per heavy atom. The van der Waals surface area contributed by atoms with Crippen LogP contribution in [0, 0.1) is 0 Å². The van der Waals surface area contributed by atoms with Crippen molar-refractivity contribution in [1.29, 1.82) is 0 Å². The average molecular weight is 385 g/mol. The van der Waals surface area contributed by atoms with Gasteiger partial charge in [0.05, 0.1) is 19.6 Å². The molecule has 2 heterocycles. The summed E-state index contributed by atoms with van der Waals surface area (Å²) in [6.45, 7) is 2.04. The van der Waals surface area contributed by atoms with E-state index in [1.165, 1.54) is 22.3 Å². The van der Waals surface area contributed by atoms with Crippen LogP contribution < -0.4 is 14.8 Å². The van der Waals surface area contributed by atoms with Crippen LogP contribution in [-0.2, 0) is 30.6 Å². The zero-order valence-electron chi connectivity index (χ0n) is 16.2. The van der Waals surface area contributed by atoms with E-state index in [0.717, 1.165) is 48.7 Å². The Labute approximate surface area is 170 Å². The Hall–Kier alpha value is -3.27. The Balaban J connectivity index is 1.18. The van der Waals surface area contributed by atoms with Crippen LogP contribution in [0.2, 0.25) is 0 Å². The fourth-order valence-corrected chi connectivity index (χ4v) is 3.98. The van der Waals surface area contributed by atoms with Crippen LogP contribution in [0.3, 0.4) is 0 Å². The van der Waals surface area contributed by atoms with Crippen molar-refractivity contribution in [3.63, 3.8) is 0 Å². The molecule has 5 rings (SSSR count). The number of amides is 1. The lowest BCUT2D eigenvalue weighted by molar-refractivity contribution is -0.120. The number of hydrogen-bond donors (Lipinski definition) is 1. The van der Waals surface area contributed by atoms with Gasteiger partial charge in [-0.1, -0.05) is 42.5 Å². The van der Waals surface area contributed by atoms with Gasteiger partial charge in [-0.3, -0.25) is 4.79 Å². The van der Waals surface area contributed by atoms with Gasteiger partial charge < -0.3 is 14.8 Å². The predicted molar refractivity (Wildman–Crippen MR) is 112 cm³/mol. The molecule has 0 aliphatic carbocycles. The highest BCUT2D eigenvalue weighted by Crippen LogP contribution is 2.30. The first-order valence-corrected chi connectivity index (χ1v) is 10.1. The van der Waals surface area contributed by atoms with Crippen molar-refractivity contribution in [2.75, 3.05) is 13.2 Å². The number of hydrogen-bond acceptors (Lipinski definition) is 3. The summed E-state index contributed by atoms with van der Waals surface area (Å²) in [7, 11) is 0. The highest BCUT2D eigenvalue weighted by Gasteiger charge is 2.14. The SMILES string of the molecule is O=C(Cc1ccc2c(c1)CCO2)NCc1ccc(-c2ccc3c(c2)CCO3)cc1. The van der Waals surface area contributed by atoms with Crippen LogP contribution in [0.4, 0.5) is 0 Å². The highest BCUT2D eigenvalue weighted by atomic mass is 16.5. The number of benzene rings is 3. The van der Waals surface area contributed by atoms with Crippen LogP contribution >= 0.6 is 0 Å². The summed E-state index contributed by atoms with van der Waals surface area (Å²) in [6, 6.07) is 20.8. The predicted octanol–water partition coefficient (Wildman–Crippen LogP) is 4.08. The number of rotatable bonds is 5. The van der Waals surface area contributed by atoms with E-state index in [2.05, 4.69) is 53.8 Å². The van der Waals surface area contributed by atoms with Gasteiger partial charge in [0.25, 0.3) is 0 Å². The summed E-state index contributed by atoms with van der Waals surface area (Å²) in [6.07, 6.45) is 2.29. The Morgan fingerprint density at radius 1 is 0.759 bits per heavy atom. The summed E-state index contributed by atoms with van der Waals surface area (Å²) in [5.74, 6) is 1.99. The second-order valence-electron chi connectivity index (χ2n) is 7.61. The molecule has 0 unspecified atom stereocenters. The minimum Gasteiger partial charge on any atom is -0.493 e. The van der Waals surface area contributed by atoms with Gasteiger partial charge in [-0.25, -0.2) is 0 Å². The van der Waals surface area contributed by atoms with Gasteiger partial charge >= 0.3 is 0 Å². The molecule has 0 aromatic heterocycles. The Morgan fingerprint density at radius 2 is 1.38 bits per heavy atom. The second-order valence-corrected chi connectivity index (χ2v) is 7.61. The minimum absolute atomic E-state index is 0.0339. The van der Waals surface area contributed by atoms with Crippen molar-refractivity contribution in [3.8, 4) is 22.6 Å². The molecule has 2 aliphatic heterocycles. The molecule has 2 aliphatic rings. The van der Waals surface area contributed by atoms with Crippen LogP contribution in [0.25, 0.3) is 11.1 Å². The molecule has 0 bridgehead atoms. The molecule has 4 nitrogen and oxygen atoms in total. The van der Waals surface area contributed by atoms with E-state index in [4.69, 9.17) is 9.47 Å². The van der Waals surface area contributed by atoms with E-state index in [1.807, 2.05) is 12.1 Å². The monoisotopic (exact) mass is 385 g/mol. The molecular weight excluding hydrogens is 362 g/mol. The van der Waals surface area contributed by atoms with E-state index < -0.39 is 0 Å². The lowest BCUT2D eigenvalue weighted by Crippen LogP contribution is -2.24. The third kappa shape index (κ3) is 3.83. The van der Waals surface area contributed by atoms with Crippen LogP contribution in [-0.4, -0.2) is 19.1 Å². The van der Waals surface area contributed by atoms with Gasteiger partial charge in [0.1, 0.15) is 11.5 Å². The largest absolute Gasteiger partial charge is 0.493 e. The number of nitrogens with one attached hydrogen (secondary N) is 1. The summed E-state index contributed by atoms with van der Waals surface area (Å²) in [5.41, 5.74) is 6.97. The maximum absolute atomic E-state index is 12.3. The van der Waals surface area contributed by atoms with Crippen LogP contribution in [0.5, 0.6) is 11.5 Å². The van der Waals surface area contributed by atoms with Gasteiger partial charge in [0, 0.05) is 19.4 Å². The molecule has 1 amide bonds. The van der Waals surface area contributed by atoms with Crippen molar-refractivity contribution >= 4 is 5.91 Å². The van der Waals surface area contributed by atoms with Gasteiger partial charge in [-0.15, -0.1) is 0 Å². The van der Waals surface area contributed by atoms with Gasteiger partial charge in [-0.2, -0.15) is 0 Å². The Bertz CT molecular complexity index is 1060. The number of carbonyl (C=O) groups is 1. The normalized spacial score (nSPS) is 13.9. The lowest BCUT2D eigenvalue weighted by Gasteiger charge is -2.08. The fraction of sp³-hybridized carbons (Fsp3) is 0.240. The summed E-state index contributed by atoms with van der Waals surface area (Å²) >= 11 is 0. The van der Waals surface area contributed by atoms with Crippen molar-refractivity contribution < 1.29 is 14.3 Å². The summed E-state index contributed by atoms with van der Waals surface area (Å²) in [4.78, 5) is 12.3. The molecule has 0 atom stereocenters. The highest BCUT2D eigenvalue weighted by molar-refractivity contribution is 5.78. The molecule has 0 fully saturated rings. The number of ether oxygens (including phenoxy) is 2. The first-order valence-electron chi connectivity index (χ1n) is 10.1. The standard InChI is InChI=1S/C25H23NO3/c27-25(14-18-3-7-23-21(13-18)9-11-28-23)26-16-17-1-4-19(5-2-17)20-6-8-24-22(15-20)10-12-29-24/h1-8,13,15H,9-12,14,16H2,(H,26,27). The van der Waals surface area contributed by atoms with Crippen molar-refractivity contribution in [2.45, 2.75) is 25.8 Å². The molecule has 29 heavy (non-hydrogen) atoms. The zero-order valence-corrected chi connectivity index (χ0v) is 16.2. The third-order valence-electron chi connectivity index (χ3n) is 5.58. The molecule has 0 spiro atoms. The summed E-state index contributed by atoms with van der Waals surface area (Å²) in [5, 5.41) is 3.02. The minimum atomic E-state index is 0.0339. The van der Waals surface area contributed by atoms with Crippen LogP contribution in [0.15, 0.2) is 60.7 Å². The molecule has 3 aromatic rings. The van der Waals surface area contributed by atoms with Crippen molar-refractivity contribution in [2.24, 2.45) is 0 Å². The quantitative estimate of drug-likeness (QED) is 0.720. The molecule has 4 heteroatoms. The van der Waals surface area contributed by atoms with Crippen molar-refractivity contribution in [1.82, 2.24) is 5.32 Å². The van der Waals surface area contributed by atoms with Gasteiger partial charge in [-0.05, 0) is 51.6 Å². The second kappa shape index (κ2) is 7.63. The van der Waals surface area contributed by atoms with E-state index in [0.29, 0.717) is 13.0 Å². The maximum atomic E-state index is 12.3. The molecule has 0 saturated heterocycles. The van der Waals surface area contributed by atoms with E-state index in [9.17, 15) is 4.79 Å². The average Bonchev–Trinajstić information content (AvgIpc) is 3.41. The first-order chi connectivity index (χ1) is 14.2. The Kier molecular flexibility index (Phi) is 4.68. The zero-order chi connectivity index (χ0) is 19.6. The summed E-state index contributed by atoms with van der Waals surface area (Å²) < 4.78 is 11.1. The van der Waals surface area contributed by atoms with Gasteiger partial charge in [0.2, 0.25) is 5.91 Å². The molecule has 1 N–H and O–H groups in total. The van der Waals surface area contributed by atoms with E-state index in [1.54, 1.807) is 0 Å². The molecular formula is C25H23NO3. The smallest absolute Gasteiger partial charge is 0.224 e. The van der Waals surface area contributed by atoms with Crippen molar-refractivity contribution in [3.05, 3.63) is 82.9 Å². The maximum Gasteiger partial charge on any atom is 0.224 e.